The minimum absolute atomic E-state index is 0.852. The molecule has 0 amide bonds. The van der Waals surface area contributed by atoms with E-state index < -0.39 is 0 Å². The highest BCUT2D eigenvalue weighted by Gasteiger charge is 2.04. The third-order valence-electron chi connectivity index (χ3n) is 5.10. The summed E-state index contributed by atoms with van der Waals surface area (Å²) in [6, 6.07) is 0. The number of rotatable bonds is 9. The molecule has 0 unspecified atom stereocenters. The Hall–Kier alpha value is 0. The van der Waals surface area contributed by atoms with Crippen molar-refractivity contribution in [2.75, 3.05) is 0 Å². The Labute approximate surface area is 184 Å². The standard InChI is InChI=1S/C9H20.C7H16.2C6H14/c1-5-9(6-2)7-8(3)4;1-6(2)5-7(3)4;1-5(2)6(3)4;1-4-5-6(2)3/h8-9H,5-7H2,1-4H3;6-7H,5H2,1-4H3;5-6H,1-4H3;6H,4-5H2,1-3H3. The summed E-state index contributed by atoms with van der Waals surface area (Å²) in [5, 5.41) is 0. The van der Waals surface area contributed by atoms with Gasteiger partial charge in [-0.25, -0.2) is 0 Å². The highest BCUT2D eigenvalue weighted by Crippen LogP contribution is 2.17. The summed E-state index contributed by atoms with van der Waals surface area (Å²) in [5.74, 6) is 6.21. The summed E-state index contributed by atoms with van der Waals surface area (Å²) in [4.78, 5) is 0. The van der Waals surface area contributed by atoms with Crippen LogP contribution in [-0.4, -0.2) is 0 Å². The summed E-state index contributed by atoms with van der Waals surface area (Å²) in [6.07, 6.45) is 8.19. The van der Waals surface area contributed by atoms with Gasteiger partial charge in [0.1, 0.15) is 0 Å². The predicted octanol–water partition coefficient (Wildman–Crippen LogP) is 10.9. The van der Waals surface area contributed by atoms with Crippen LogP contribution in [0.25, 0.3) is 0 Å². The Kier molecular flexibility index (Phi) is 31.7. The molecule has 0 aliphatic carbocycles. The molecule has 0 aliphatic rings. The van der Waals surface area contributed by atoms with E-state index in [2.05, 4.69) is 104 Å². The van der Waals surface area contributed by atoms with Crippen LogP contribution in [0.1, 0.15) is 142 Å². The number of hydrogen-bond donors (Lipinski definition) is 0. The van der Waals surface area contributed by atoms with Gasteiger partial charge in [0.2, 0.25) is 0 Å². The van der Waals surface area contributed by atoms with Crippen LogP contribution in [0.15, 0.2) is 0 Å². The van der Waals surface area contributed by atoms with E-state index in [1.807, 2.05) is 0 Å². The smallest absolute Gasteiger partial charge is 0.0417 e. The fraction of sp³-hybridized carbons (Fsp3) is 1.00. The molecule has 0 aromatic rings. The van der Waals surface area contributed by atoms with Crippen LogP contribution >= 0.6 is 0 Å². The van der Waals surface area contributed by atoms with Gasteiger partial charge in [-0.3, -0.25) is 0 Å². The van der Waals surface area contributed by atoms with E-state index in [1.54, 1.807) is 0 Å². The minimum Gasteiger partial charge on any atom is -0.0654 e. The maximum absolute atomic E-state index is 2.30. The molecule has 28 heavy (non-hydrogen) atoms. The van der Waals surface area contributed by atoms with Gasteiger partial charge in [0.05, 0.1) is 0 Å². The Balaban J connectivity index is -0.000000139. The zero-order chi connectivity index (χ0) is 23.3. The minimum atomic E-state index is 0.852. The Morgan fingerprint density at radius 1 is 0.429 bits per heavy atom. The second kappa shape index (κ2) is 25.0. The van der Waals surface area contributed by atoms with Gasteiger partial charge in [0, 0.05) is 0 Å². The van der Waals surface area contributed by atoms with Crippen LogP contribution in [0.3, 0.4) is 0 Å². The van der Waals surface area contributed by atoms with Gasteiger partial charge in [-0.2, -0.15) is 0 Å². The first-order valence-corrected chi connectivity index (χ1v) is 12.7. The number of hydrogen-bond acceptors (Lipinski definition) is 0. The molecule has 0 bridgehead atoms. The monoisotopic (exact) mass is 401 g/mol. The average Bonchev–Trinajstić information content (AvgIpc) is 2.52. The van der Waals surface area contributed by atoms with Gasteiger partial charge in [-0.15, -0.1) is 0 Å². The Morgan fingerprint density at radius 3 is 0.786 bits per heavy atom. The maximum Gasteiger partial charge on any atom is -0.0417 e. The molecule has 0 atom stereocenters. The van der Waals surface area contributed by atoms with Gasteiger partial charge in [-0.05, 0) is 54.3 Å². The topological polar surface area (TPSA) is 0 Å². The van der Waals surface area contributed by atoms with Crippen LogP contribution in [0, 0.1) is 41.4 Å². The van der Waals surface area contributed by atoms with Crippen molar-refractivity contribution in [3.8, 4) is 0 Å². The third kappa shape index (κ3) is 45.0. The second-order valence-corrected chi connectivity index (χ2v) is 11.0. The lowest BCUT2D eigenvalue weighted by Gasteiger charge is -2.13. The fourth-order valence-corrected chi connectivity index (χ4v) is 2.81. The van der Waals surface area contributed by atoms with E-state index in [9.17, 15) is 0 Å². The zero-order valence-electron chi connectivity index (χ0n) is 23.3. The molecule has 0 aromatic carbocycles. The molecule has 0 heteroatoms. The predicted molar refractivity (Wildman–Crippen MR) is 137 cm³/mol. The van der Waals surface area contributed by atoms with E-state index in [4.69, 9.17) is 0 Å². The van der Waals surface area contributed by atoms with Gasteiger partial charge in [0.25, 0.3) is 0 Å². The molecule has 0 saturated carbocycles. The van der Waals surface area contributed by atoms with Gasteiger partial charge < -0.3 is 0 Å². The summed E-state index contributed by atoms with van der Waals surface area (Å²) in [7, 11) is 0. The van der Waals surface area contributed by atoms with Crippen LogP contribution in [0.2, 0.25) is 0 Å². The molecule has 0 radical (unpaired) electrons. The first-order valence-electron chi connectivity index (χ1n) is 12.7. The molecule has 0 N–H and O–H groups in total. The molecule has 0 aromatic heterocycles. The summed E-state index contributed by atoms with van der Waals surface area (Å²) < 4.78 is 0. The van der Waals surface area contributed by atoms with E-state index in [0.717, 1.165) is 41.4 Å². The highest BCUT2D eigenvalue weighted by molar-refractivity contribution is 4.56. The molecule has 0 spiro atoms. The summed E-state index contributed by atoms with van der Waals surface area (Å²) in [5.41, 5.74) is 0. The van der Waals surface area contributed by atoms with Crippen molar-refractivity contribution in [3.05, 3.63) is 0 Å². The quantitative estimate of drug-likeness (QED) is 0.361. The normalized spacial score (nSPS) is 10.9. The summed E-state index contributed by atoms with van der Waals surface area (Å²) >= 11 is 0. The van der Waals surface area contributed by atoms with E-state index >= 15 is 0 Å². The fourth-order valence-electron chi connectivity index (χ4n) is 2.81. The van der Waals surface area contributed by atoms with E-state index in [0.29, 0.717) is 0 Å². The van der Waals surface area contributed by atoms with Crippen LogP contribution < -0.4 is 0 Å². The molecule has 0 saturated heterocycles. The largest absolute Gasteiger partial charge is 0.0654 e. The lowest BCUT2D eigenvalue weighted by Crippen LogP contribution is -2.00. The van der Waals surface area contributed by atoms with Crippen molar-refractivity contribution in [2.24, 2.45) is 41.4 Å². The van der Waals surface area contributed by atoms with Crippen molar-refractivity contribution in [1.29, 1.82) is 0 Å². The van der Waals surface area contributed by atoms with E-state index in [-0.39, 0.29) is 0 Å². The molecule has 0 nitrogen and oxygen atoms in total. The first kappa shape index (κ1) is 35.4. The van der Waals surface area contributed by atoms with Gasteiger partial charge >= 0.3 is 0 Å². The molecular formula is C28H64. The molecular weight excluding hydrogens is 336 g/mol. The van der Waals surface area contributed by atoms with Crippen molar-refractivity contribution >= 4 is 0 Å². The van der Waals surface area contributed by atoms with Crippen molar-refractivity contribution < 1.29 is 0 Å². The molecule has 176 valence electrons. The van der Waals surface area contributed by atoms with Crippen LogP contribution in [-0.2, 0) is 0 Å². The van der Waals surface area contributed by atoms with Gasteiger partial charge in [0.15, 0.2) is 0 Å². The van der Waals surface area contributed by atoms with Crippen molar-refractivity contribution in [1.82, 2.24) is 0 Å². The van der Waals surface area contributed by atoms with Crippen LogP contribution in [0.4, 0.5) is 0 Å². The van der Waals surface area contributed by atoms with Crippen molar-refractivity contribution in [3.63, 3.8) is 0 Å². The highest BCUT2D eigenvalue weighted by atomic mass is 14.1. The molecule has 0 fully saturated rings. The first-order chi connectivity index (χ1) is 12.7. The molecule has 0 heterocycles. The van der Waals surface area contributed by atoms with Gasteiger partial charge in [-0.1, -0.05) is 130 Å². The third-order valence-corrected chi connectivity index (χ3v) is 5.10. The second-order valence-electron chi connectivity index (χ2n) is 11.0. The van der Waals surface area contributed by atoms with Crippen molar-refractivity contribution in [2.45, 2.75) is 142 Å². The summed E-state index contributed by atoms with van der Waals surface area (Å²) in [6.45, 7) is 33.9. The lowest BCUT2D eigenvalue weighted by atomic mass is 9.93. The zero-order valence-corrected chi connectivity index (χ0v) is 23.3. The molecule has 0 rings (SSSR count). The maximum atomic E-state index is 2.30. The average molecular weight is 401 g/mol. The SMILES string of the molecule is CC(C)C(C)C.CC(C)CC(C)C.CCC(CC)CC(C)C.CCCC(C)C. The molecule has 0 aliphatic heterocycles. The Morgan fingerprint density at radius 2 is 0.750 bits per heavy atom. The van der Waals surface area contributed by atoms with Crippen LogP contribution in [0.5, 0.6) is 0 Å². The lowest BCUT2D eigenvalue weighted by molar-refractivity contribution is 0.388. The Bertz CT molecular complexity index is 229. The van der Waals surface area contributed by atoms with E-state index in [1.165, 1.54) is 38.5 Å².